The van der Waals surface area contributed by atoms with Crippen LogP contribution < -0.4 is 0 Å². The summed E-state index contributed by atoms with van der Waals surface area (Å²) >= 11 is 0. The fourth-order valence-corrected chi connectivity index (χ4v) is 8.75. The molecule has 0 heteroatoms. The molecule has 1 fully saturated rings. The second-order valence-corrected chi connectivity index (χ2v) is 10.8. The second-order valence-electron chi connectivity index (χ2n) is 10.8. The highest BCUT2D eigenvalue weighted by molar-refractivity contribution is 5.95. The summed E-state index contributed by atoms with van der Waals surface area (Å²) in [6.45, 7) is 0. The lowest BCUT2D eigenvalue weighted by atomic mass is 9.49. The van der Waals surface area contributed by atoms with Crippen LogP contribution in [0.5, 0.6) is 0 Å². The average molecular weight is 433 g/mol. The molecule has 0 N–H and O–H groups in total. The van der Waals surface area contributed by atoms with Gasteiger partial charge in [0.15, 0.2) is 0 Å². The van der Waals surface area contributed by atoms with E-state index in [-0.39, 0.29) is 5.41 Å². The van der Waals surface area contributed by atoms with Crippen LogP contribution in [0.4, 0.5) is 0 Å². The average Bonchev–Trinajstić information content (AvgIpc) is 3.44. The van der Waals surface area contributed by atoms with Crippen LogP contribution >= 0.6 is 0 Å². The fourth-order valence-electron chi connectivity index (χ4n) is 8.75. The molecule has 0 nitrogen and oxygen atoms in total. The normalized spacial score (nSPS) is 28.6. The first-order valence-electron chi connectivity index (χ1n) is 12.7. The molecule has 2 unspecified atom stereocenters. The van der Waals surface area contributed by atoms with Gasteiger partial charge in [-0.2, -0.15) is 0 Å². The van der Waals surface area contributed by atoms with Gasteiger partial charge < -0.3 is 0 Å². The van der Waals surface area contributed by atoms with E-state index in [0.717, 1.165) is 5.92 Å². The number of rotatable bonds is 0. The summed E-state index contributed by atoms with van der Waals surface area (Å²) in [5.41, 5.74) is 12.3. The highest BCUT2D eigenvalue weighted by Crippen LogP contribution is 2.77. The monoisotopic (exact) mass is 432 g/mol. The van der Waals surface area contributed by atoms with Crippen molar-refractivity contribution < 1.29 is 0 Å². The molecule has 160 valence electrons. The molecule has 4 aliphatic carbocycles. The lowest BCUT2D eigenvalue weighted by molar-refractivity contribution is 0.0895. The maximum absolute atomic E-state index is 2.54. The highest BCUT2D eigenvalue weighted by Gasteiger charge is 2.69. The van der Waals surface area contributed by atoms with E-state index in [1.54, 1.807) is 22.3 Å². The minimum atomic E-state index is -0.0597. The zero-order valence-electron chi connectivity index (χ0n) is 18.9. The van der Waals surface area contributed by atoms with Gasteiger partial charge in [0.1, 0.15) is 0 Å². The summed E-state index contributed by atoms with van der Waals surface area (Å²) in [6, 6.07) is 41.9. The van der Waals surface area contributed by atoms with Crippen molar-refractivity contribution in [3.8, 4) is 11.1 Å². The molecule has 4 aliphatic rings. The SMILES string of the molecule is c1ccc2c(c1)CC1[C@H]3c4ccccc4C4(c5ccccc5-c5cc6ccccc6cc54)[C@H]3[C@@H]21. The van der Waals surface area contributed by atoms with Crippen LogP contribution in [0.15, 0.2) is 109 Å². The molecule has 0 heterocycles. The van der Waals surface area contributed by atoms with Gasteiger partial charge in [0.05, 0.1) is 5.41 Å². The van der Waals surface area contributed by atoms with Crippen LogP contribution in [0.25, 0.3) is 21.9 Å². The first-order chi connectivity index (χ1) is 16.9. The Hall–Kier alpha value is -3.64. The highest BCUT2D eigenvalue weighted by atomic mass is 14.7. The molecule has 0 amide bonds. The van der Waals surface area contributed by atoms with Crippen molar-refractivity contribution in [3.63, 3.8) is 0 Å². The molecule has 0 aliphatic heterocycles. The van der Waals surface area contributed by atoms with Gasteiger partial charge in [0.25, 0.3) is 0 Å². The summed E-state index contributed by atoms with van der Waals surface area (Å²) in [5.74, 6) is 2.60. The molecule has 34 heavy (non-hydrogen) atoms. The van der Waals surface area contributed by atoms with Crippen molar-refractivity contribution in [1.29, 1.82) is 0 Å². The van der Waals surface area contributed by atoms with Crippen molar-refractivity contribution in [2.75, 3.05) is 0 Å². The van der Waals surface area contributed by atoms with E-state index < -0.39 is 0 Å². The maximum atomic E-state index is 2.54. The number of fused-ring (bicyclic) bond motifs is 16. The van der Waals surface area contributed by atoms with Crippen LogP contribution in [0.3, 0.4) is 0 Å². The van der Waals surface area contributed by atoms with E-state index in [1.807, 2.05) is 0 Å². The van der Waals surface area contributed by atoms with E-state index >= 15 is 0 Å². The smallest absolute Gasteiger partial charge is 0.0506 e. The van der Waals surface area contributed by atoms with Crippen LogP contribution in [0.1, 0.15) is 45.2 Å². The molecule has 5 atom stereocenters. The van der Waals surface area contributed by atoms with Crippen molar-refractivity contribution in [1.82, 2.24) is 0 Å². The Kier molecular flexibility index (Phi) is 3.08. The van der Waals surface area contributed by atoms with Gasteiger partial charge in [-0.1, -0.05) is 97.1 Å². The minimum Gasteiger partial charge on any atom is -0.0620 e. The van der Waals surface area contributed by atoms with Gasteiger partial charge in [-0.05, 0) is 97.5 Å². The molecule has 5 aromatic rings. The fraction of sp³-hybridized carbons (Fsp3) is 0.176. The lowest BCUT2D eigenvalue weighted by Crippen LogP contribution is -2.48. The van der Waals surface area contributed by atoms with Gasteiger partial charge in [-0.3, -0.25) is 0 Å². The molecule has 0 aromatic heterocycles. The Labute approximate surface area is 199 Å². The molecule has 1 saturated carbocycles. The van der Waals surface area contributed by atoms with E-state index in [9.17, 15) is 0 Å². The van der Waals surface area contributed by atoms with Crippen LogP contribution in [-0.4, -0.2) is 0 Å². The van der Waals surface area contributed by atoms with Crippen molar-refractivity contribution >= 4 is 10.8 Å². The molecular weight excluding hydrogens is 408 g/mol. The third-order valence-electron chi connectivity index (χ3n) is 9.76. The second kappa shape index (κ2) is 5.88. The van der Waals surface area contributed by atoms with Crippen LogP contribution in [0.2, 0.25) is 0 Å². The lowest BCUT2D eigenvalue weighted by Gasteiger charge is -2.53. The van der Waals surface area contributed by atoms with Gasteiger partial charge >= 0.3 is 0 Å². The molecule has 0 saturated heterocycles. The van der Waals surface area contributed by atoms with E-state index in [1.165, 1.54) is 39.4 Å². The quantitative estimate of drug-likeness (QED) is 0.234. The van der Waals surface area contributed by atoms with Crippen molar-refractivity contribution in [2.45, 2.75) is 23.7 Å². The van der Waals surface area contributed by atoms with Gasteiger partial charge in [0.2, 0.25) is 0 Å². The third kappa shape index (κ3) is 1.81. The van der Waals surface area contributed by atoms with Crippen molar-refractivity contribution in [3.05, 3.63) is 143 Å². The Morgan fingerprint density at radius 3 is 2.06 bits per heavy atom. The van der Waals surface area contributed by atoms with E-state index in [0.29, 0.717) is 17.8 Å². The van der Waals surface area contributed by atoms with Crippen molar-refractivity contribution in [2.24, 2.45) is 11.8 Å². The largest absolute Gasteiger partial charge is 0.0620 e. The predicted molar refractivity (Wildman–Crippen MR) is 138 cm³/mol. The zero-order valence-corrected chi connectivity index (χ0v) is 18.9. The number of benzene rings is 5. The molecule has 0 radical (unpaired) electrons. The molecule has 1 spiro atoms. The predicted octanol–water partition coefficient (Wildman–Crippen LogP) is 7.84. The first kappa shape index (κ1) is 17.8. The molecule has 0 bridgehead atoms. The summed E-state index contributed by atoms with van der Waals surface area (Å²) < 4.78 is 0. The Morgan fingerprint density at radius 2 is 1.18 bits per heavy atom. The molecular formula is C34H24. The first-order valence-corrected chi connectivity index (χ1v) is 12.7. The topological polar surface area (TPSA) is 0 Å². The molecule has 9 rings (SSSR count). The Morgan fingerprint density at radius 1 is 0.529 bits per heavy atom. The minimum absolute atomic E-state index is 0.0597. The summed E-state index contributed by atoms with van der Waals surface area (Å²) in [4.78, 5) is 0. The summed E-state index contributed by atoms with van der Waals surface area (Å²) in [5, 5.41) is 2.70. The van der Waals surface area contributed by atoms with Crippen LogP contribution in [-0.2, 0) is 11.8 Å². The van der Waals surface area contributed by atoms with Gasteiger partial charge in [0, 0.05) is 0 Å². The third-order valence-corrected chi connectivity index (χ3v) is 9.76. The Bertz CT molecular complexity index is 1670. The number of hydrogen-bond donors (Lipinski definition) is 0. The van der Waals surface area contributed by atoms with E-state index in [4.69, 9.17) is 0 Å². The zero-order chi connectivity index (χ0) is 22.0. The maximum Gasteiger partial charge on any atom is 0.0506 e. The Balaban J connectivity index is 1.42. The van der Waals surface area contributed by atoms with Crippen LogP contribution in [0, 0.1) is 11.8 Å². The van der Waals surface area contributed by atoms with Gasteiger partial charge in [-0.25, -0.2) is 0 Å². The summed E-state index contributed by atoms with van der Waals surface area (Å²) in [7, 11) is 0. The van der Waals surface area contributed by atoms with Gasteiger partial charge in [-0.15, -0.1) is 0 Å². The standard InChI is InChI=1S/C34H24/c1-2-10-21-19-30-26(17-20(21)9-1)24-13-5-7-15-28(24)34(30)29-16-8-6-14-25(29)32-27-18-22-11-3-4-12-23(22)31(27)33(32)34/h1-17,19,27,31-33H,18H2/t27?,31-,32+,33-,34?/m0/s1. The van der Waals surface area contributed by atoms with E-state index in [2.05, 4.69) is 109 Å². The molecule has 5 aromatic carbocycles. The summed E-state index contributed by atoms with van der Waals surface area (Å²) in [6.07, 6.45) is 1.23. The number of hydrogen-bond acceptors (Lipinski definition) is 0.